The van der Waals surface area contributed by atoms with Crippen molar-refractivity contribution in [3.05, 3.63) is 39.1 Å². The van der Waals surface area contributed by atoms with Gasteiger partial charge in [-0.3, -0.25) is 4.55 Å². The Labute approximate surface area is 89.3 Å². The van der Waals surface area contributed by atoms with Gasteiger partial charge < -0.3 is 0 Å². The second-order valence-electron chi connectivity index (χ2n) is 2.48. The molecular weight excluding hydrogens is 236 g/mol. The third kappa shape index (κ3) is 2.41. The van der Waals surface area contributed by atoms with E-state index in [1.54, 1.807) is 0 Å². The maximum absolute atomic E-state index is 10.9. The molecule has 0 aromatic heterocycles. The highest BCUT2D eigenvalue weighted by Gasteiger charge is 2.16. The maximum atomic E-state index is 10.9. The summed E-state index contributed by atoms with van der Waals surface area (Å²) in [4.78, 5) is 4.21. The highest BCUT2D eigenvalue weighted by Crippen LogP contribution is 2.34. The molecule has 0 heterocycles. The normalized spacial score (nSPS) is 10.1. The summed E-state index contributed by atoms with van der Waals surface area (Å²) >= 11 is 0. The molecule has 0 unspecified atom stereocenters. The fraction of sp³-hybridized carbons (Fsp3) is 0. The summed E-state index contributed by atoms with van der Waals surface area (Å²) in [5.74, 6) is 0. The van der Waals surface area contributed by atoms with Crippen LogP contribution >= 0.6 is 0 Å². The lowest BCUT2D eigenvalue weighted by Gasteiger charge is -2.03. The summed E-state index contributed by atoms with van der Waals surface area (Å²) in [5.41, 5.74) is 15.8. The quantitative estimate of drug-likeness (QED) is 0.374. The van der Waals surface area contributed by atoms with Gasteiger partial charge in [-0.2, -0.15) is 8.42 Å². The molecule has 10 heteroatoms. The Morgan fingerprint density at radius 1 is 1.19 bits per heavy atom. The number of benzene rings is 1. The van der Waals surface area contributed by atoms with Crippen LogP contribution in [0.5, 0.6) is 0 Å². The van der Waals surface area contributed by atoms with E-state index in [-0.39, 0.29) is 5.69 Å². The van der Waals surface area contributed by atoms with Gasteiger partial charge in [0.05, 0.1) is 5.69 Å². The van der Waals surface area contributed by atoms with Crippen molar-refractivity contribution in [3.8, 4) is 0 Å². The zero-order valence-electron chi connectivity index (χ0n) is 7.59. The molecule has 0 amide bonds. The second-order valence-corrected chi connectivity index (χ2v) is 3.87. The van der Waals surface area contributed by atoms with Gasteiger partial charge in [0.2, 0.25) is 0 Å². The Bertz CT molecular complexity index is 611. The van der Waals surface area contributed by atoms with Crippen LogP contribution in [0.1, 0.15) is 0 Å². The molecule has 0 saturated carbocycles. The van der Waals surface area contributed by atoms with Crippen molar-refractivity contribution in [3.63, 3.8) is 0 Å². The summed E-state index contributed by atoms with van der Waals surface area (Å²) in [7, 11) is -4.54. The van der Waals surface area contributed by atoms with E-state index in [2.05, 4.69) is 20.1 Å². The molecule has 0 aliphatic heterocycles. The summed E-state index contributed by atoms with van der Waals surface area (Å²) < 4.78 is 30.7. The highest BCUT2D eigenvalue weighted by atomic mass is 32.2. The Morgan fingerprint density at radius 2 is 1.81 bits per heavy atom. The van der Waals surface area contributed by atoms with Gasteiger partial charge in [-0.05, 0) is 17.1 Å². The number of hydrogen-bond acceptors (Lipinski definition) is 4. The number of nitrogens with zero attached hydrogens (tertiary/aromatic N) is 6. The molecular formula is C6H4N6O3S. The Morgan fingerprint density at radius 3 is 2.31 bits per heavy atom. The molecule has 1 aromatic carbocycles. The van der Waals surface area contributed by atoms with Gasteiger partial charge in [0.25, 0.3) is 10.1 Å². The van der Waals surface area contributed by atoms with E-state index in [1.807, 2.05) is 0 Å². The molecule has 0 spiro atoms. The van der Waals surface area contributed by atoms with E-state index in [0.717, 1.165) is 6.07 Å². The molecule has 82 valence electrons. The second kappa shape index (κ2) is 4.51. The number of hydrogen-bond donors (Lipinski definition) is 1. The summed E-state index contributed by atoms with van der Waals surface area (Å²) in [6.07, 6.45) is 0. The minimum atomic E-state index is -4.54. The summed E-state index contributed by atoms with van der Waals surface area (Å²) in [5, 5.41) is 6.21. The van der Waals surface area contributed by atoms with Crippen molar-refractivity contribution in [2.45, 2.75) is 4.90 Å². The van der Waals surface area contributed by atoms with Crippen LogP contribution in [0.15, 0.2) is 33.3 Å². The van der Waals surface area contributed by atoms with Gasteiger partial charge in [0.15, 0.2) is 0 Å². The lowest BCUT2D eigenvalue weighted by Crippen LogP contribution is -1.97. The zero-order chi connectivity index (χ0) is 12.2. The van der Waals surface area contributed by atoms with Crippen LogP contribution in [0.2, 0.25) is 0 Å². The molecule has 1 N–H and O–H groups in total. The lowest BCUT2D eigenvalue weighted by atomic mass is 10.3. The third-order valence-corrected chi connectivity index (χ3v) is 2.44. The fourth-order valence-electron chi connectivity index (χ4n) is 0.993. The predicted octanol–water partition coefficient (Wildman–Crippen LogP) is 2.82. The topological polar surface area (TPSA) is 152 Å². The first-order valence-corrected chi connectivity index (χ1v) is 5.15. The molecule has 0 aliphatic rings. The van der Waals surface area contributed by atoms with Crippen molar-refractivity contribution in [1.29, 1.82) is 0 Å². The first-order chi connectivity index (χ1) is 7.50. The Balaban J connectivity index is 3.70. The molecule has 0 atom stereocenters. The minimum absolute atomic E-state index is 0.185. The summed E-state index contributed by atoms with van der Waals surface area (Å²) in [6.45, 7) is 0. The largest absolute Gasteiger partial charge is 0.294 e. The Kier molecular flexibility index (Phi) is 3.33. The Hall–Kier alpha value is -2.25. The number of azide groups is 2. The SMILES string of the molecule is [N-]=[N+]=Nc1cccc(S(=O)(=O)O)c1N=[N+]=[N-]. The maximum Gasteiger partial charge on any atom is 0.294 e. The predicted molar refractivity (Wildman–Crippen MR) is 53.9 cm³/mol. The van der Waals surface area contributed by atoms with Gasteiger partial charge in [-0.15, -0.1) is 0 Å². The van der Waals surface area contributed by atoms with Crippen molar-refractivity contribution >= 4 is 21.5 Å². The van der Waals surface area contributed by atoms with Crippen molar-refractivity contribution in [2.75, 3.05) is 0 Å². The molecule has 1 rings (SSSR count). The molecule has 9 nitrogen and oxygen atoms in total. The smallest absolute Gasteiger partial charge is 0.282 e. The van der Waals surface area contributed by atoms with E-state index in [9.17, 15) is 8.42 Å². The highest BCUT2D eigenvalue weighted by molar-refractivity contribution is 7.86. The lowest BCUT2D eigenvalue weighted by molar-refractivity contribution is 0.483. The average molecular weight is 240 g/mol. The van der Waals surface area contributed by atoms with Crippen molar-refractivity contribution < 1.29 is 13.0 Å². The van der Waals surface area contributed by atoms with Crippen LogP contribution in [-0.4, -0.2) is 13.0 Å². The van der Waals surface area contributed by atoms with Gasteiger partial charge in [0.1, 0.15) is 4.90 Å². The monoisotopic (exact) mass is 240 g/mol. The zero-order valence-corrected chi connectivity index (χ0v) is 8.40. The van der Waals surface area contributed by atoms with Gasteiger partial charge in [-0.25, -0.2) is 0 Å². The molecule has 0 fully saturated rings. The van der Waals surface area contributed by atoms with Crippen LogP contribution < -0.4 is 0 Å². The average Bonchev–Trinajstić information content (AvgIpc) is 2.19. The molecule has 0 aliphatic carbocycles. The molecule has 0 bridgehead atoms. The van der Waals surface area contributed by atoms with Crippen LogP contribution in [0, 0.1) is 0 Å². The van der Waals surface area contributed by atoms with E-state index < -0.39 is 20.7 Å². The molecule has 0 radical (unpaired) electrons. The van der Waals surface area contributed by atoms with Crippen LogP contribution in [-0.2, 0) is 10.1 Å². The minimum Gasteiger partial charge on any atom is -0.282 e. The van der Waals surface area contributed by atoms with E-state index in [0.29, 0.717) is 0 Å². The third-order valence-electron chi connectivity index (χ3n) is 1.55. The molecule has 16 heavy (non-hydrogen) atoms. The van der Waals surface area contributed by atoms with Crippen LogP contribution in [0.25, 0.3) is 20.9 Å². The van der Waals surface area contributed by atoms with Crippen molar-refractivity contribution in [2.24, 2.45) is 10.2 Å². The van der Waals surface area contributed by atoms with E-state index in [1.165, 1.54) is 12.1 Å². The standard InChI is InChI=1S/C6H4N6O3S/c7-11-9-4-2-1-3-5(16(13,14)15)6(4)10-12-8/h1-3H,(H,13,14,15). The van der Waals surface area contributed by atoms with Crippen molar-refractivity contribution in [1.82, 2.24) is 0 Å². The van der Waals surface area contributed by atoms with E-state index >= 15 is 0 Å². The number of rotatable bonds is 3. The first kappa shape index (κ1) is 11.8. The van der Waals surface area contributed by atoms with Gasteiger partial charge in [-0.1, -0.05) is 22.4 Å². The molecule has 1 aromatic rings. The van der Waals surface area contributed by atoms with Crippen LogP contribution in [0.3, 0.4) is 0 Å². The fourth-order valence-corrected chi connectivity index (χ4v) is 1.63. The van der Waals surface area contributed by atoms with Gasteiger partial charge >= 0.3 is 0 Å². The first-order valence-electron chi connectivity index (χ1n) is 3.71. The summed E-state index contributed by atoms with van der Waals surface area (Å²) in [6, 6.07) is 3.51. The van der Waals surface area contributed by atoms with Crippen LogP contribution in [0.4, 0.5) is 11.4 Å². The van der Waals surface area contributed by atoms with Gasteiger partial charge in [0, 0.05) is 15.5 Å². The molecule has 0 saturated heterocycles. The van der Waals surface area contributed by atoms with E-state index in [4.69, 9.17) is 15.6 Å².